The van der Waals surface area contributed by atoms with Gasteiger partial charge in [-0.25, -0.2) is 0 Å². The molecular formula is C36H30O2P2. The van der Waals surface area contributed by atoms with Crippen molar-refractivity contribution in [2.75, 3.05) is 0 Å². The predicted molar refractivity (Wildman–Crippen MR) is 169 cm³/mol. The number of hydrogen-bond acceptors (Lipinski definition) is 2. The third-order valence-electron chi connectivity index (χ3n) is 7.13. The molecule has 0 aromatic heterocycles. The van der Waals surface area contributed by atoms with Crippen LogP contribution in [-0.4, -0.2) is 22.4 Å². The first-order chi connectivity index (χ1) is 19.7. The molecule has 0 aliphatic heterocycles. The molecule has 0 amide bonds. The van der Waals surface area contributed by atoms with Gasteiger partial charge in [0.15, 0.2) is 0 Å². The molecule has 0 bridgehead atoms. The molecule has 10 radical (unpaired) electrons. The summed E-state index contributed by atoms with van der Waals surface area (Å²) in [5.74, 6) is 1.56. The molecule has 4 aromatic rings. The van der Waals surface area contributed by atoms with Crippen LogP contribution in [0.15, 0.2) is 121 Å². The maximum Gasteiger partial charge on any atom is 0.0880 e. The van der Waals surface area contributed by atoms with E-state index in [9.17, 15) is 10.2 Å². The first-order valence-electron chi connectivity index (χ1n) is 13.4. The van der Waals surface area contributed by atoms with Crippen molar-refractivity contribution in [2.24, 2.45) is 0 Å². The van der Waals surface area contributed by atoms with Gasteiger partial charge in [0.05, 0.1) is 12.2 Å². The molecule has 2 nitrogen and oxygen atoms in total. The molecule has 196 valence electrons. The molecule has 0 saturated heterocycles. The number of hydrogen-bond donors (Lipinski definition) is 2. The Hall–Kier alpha value is -2.34. The van der Waals surface area contributed by atoms with Crippen LogP contribution in [0.2, 0.25) is 0 Å². The van der Waals surface area contributed by atoms with E-state index in [4.69, 9.17) is 0 Å². The van der Waals surface area contributed by atoms with Crippen LogP contribution >= 0.6 is 15.8 Å². The highest BCUT2D eigenvalue weighted by Gasteiger charge is 2.48. The van der Waals surface area contributed by atoms with E-state index in [1.54, 1.807) is 0 Å². The van der Waals surface area contributed by atoms with Gasteiger partial charge in [0.1, 0.15) is 0 Å². The first kappa shape index (κ1) is 27.8. The fourth-order valence-electron chi connectivity index (χ4n) is 5.26. The van der Waals surface area contributed by atoms with Crippen LogP contribution in [-0.2, 0) is 0 Å². The van der Waals surface area contributed by atoms with E-state index in [1.807, 2.05) is 49.9 Å². The number of benzene rings is 4. The van der Waals surface area contributed by atoms with E-state index in [2.05, 4.69) is 110 Å². The molecule has 2 fully saturated rings. The molecule has 6 rings (SSSR count). The van der Waals surface area contributed by atoms with Crippen LogP contribution in [0.25, 0.3) is 0 Å². The van der Waals surface area contributed by atoms with Crippen molar-refractivity contribution < 1.29 is 10.2 Å². The Balaban J connectivity index is 1.29. The van der Waals surface area contributed by atoms with Crippen LogP contribution < -0.4 is 21.2 Å². The van der Waals surface area contributed by atoms with E-state index in [1.165, 1.54) is 21.2 Å². The summed E-state index contributed by atoms with van der Waals surface area (Å²) in [4.78, 5) is 0. The van der Waals surface area contributed by atoms with E-state index >= 15 is 0 Å². The zero-order valence-corrected chi connectivity index (χ0v) is 23.7. The Morgan fingerprint density at radius 1 is 0.375 bits per heavy atom. The van der Waals surface area contributed by atoms with Gasteiger partial charge in [0.25, 0.3) is 0 Å². The maximum absolute atomic E-state index is 11.8. The molecular weight excluding hydrogens is 526 g/mol. The highest BCUT2D eigenvalue weighted by Crippen LogP contribution is 2.60. The minimum atomic E-state index is -1.06. The first-order valence-corrected chi connectivity index (χ1v) is 16.1. The minimum absolute atomic E-state index is 0.780. The van der Waals surface area contributed by atoms with Crippen molar-refractivity contribution in [3.05, 3.63) is 183 Å². The SMILES string of the molecule is O[C@H]([C]1[CH][CH][CH][C]1P(c1ccccc1)c1ccccc1)[C@@H](O)[C]1[CH][CH][CH][C]1P(c1ccccc1)c1ccccc1. The predicted octanol–water partition coefficient (Wildman–Crippen LogP) is 5.44. The third-order valence-corrected chi connectivity index (χ3v) is 12.2. The summed E-state index contributed by atoms with van der Waals surface area (Å²) in [5.41, 5.74) is 2.14. The van der Waals surface area contributed by atoms with Gasteiger partial charge in [-0.2, -0.15) is 0 Å². The van der Waals surface area contributed by atoms with Gasteiger partial charge in [0.2, 0.25) is 0 Å². The topological polar surface area (TPSA) is 40.5 Å². The Kier molecular flexibility index (Phi) is 9.11. The zero-order valence-electron chi connectivity index (χ0n) is 22.0. The number of aliphatic hydroxyl groups is 2. The highest BCUT2D eigenvalue weighted by molar-refractivity contribution is 7.76. The van der Waals surface area contributed by atoms with Crippen molar-refractivity contribution in [3.8, 4) is 0 Å². The van der Waals surface area contributed by atoms with Crippen LogP contribution in [0.4, 0.5) is 0 Å². The van der Waals surface area contributed by atoms with Crippen LogP contribution in [0, 0.1) is 61.7 Å². The van der Waals surface area contributed by atoms with Crippen molar-refractivity contribution in [2.45, 2.75) is 12.2 Å². The van der Waals surface area contributed by atoms with Crippen LogP contribution in [0.1, 0.15) is 0 Å². The highest BCUT2D eigenvalue weighted by atomic mass is 31.1. The lowest BCUT2D eigenvalue weighted by Crippen LogP contribution is -2.40. The summed E-state index contributed by atoms with van der Waals surface area (Å²) >= 11 is 0. The Morgan fingerprint density at radius 2 is 0.650 bits per heavy atom. The van der Waals surface area contributed by atoms with Gasteiger partial charge < -0.3 is 10.2 Å². The van der Waals surface area contributed by atoms with E-state index in [0.717, 1.165) is 23.2 Å². The van der Waals surface area contributed by atoms with Crippen molar-refractivity contribution >= 4 is 37.1 Å². The summed E-state index contributed by atoms with van der Waals surface area (Å²) in [6.07, 6.45) is 9.99. The fourth-order valence-corrected chi connectivity index (χ4v) is 10.2. The van der Waals surface area contributed by atoms with E-state index in [0.29, 0.717) is 0 Å². The lowest BCUT2D eigenvalue weighted by Gasteiger charge is -2.37. The second kappa shape index (κ2) is 13.1. The molecule has 0 spiro atoms. The van der Waals surface area contributed by atoms with Gasteiger partial charge in [-0.05, 0) is 75.6 Å². The average molecular weight is 557 g/mol. The summed E-state index contributed by atoms with van der Waals surface area (Å²) in [5, 5.41) is 28.4. The molecule has 40 heavy (non-hydrogen) atoms. The fraction of sp³-hybridized carbons (Fsp3) is 0.0556. The molecule has 2 aliphatic carbocycles. The van der Waals surface area contributed by atoms with Gasteiger partial charge in [-0.15, -0.1) is 0 Å². The number of rotatable bonds is 9. The second-order valence-corrected chi connectivity index (χ2v) is 14.0. The molecule has 0 heterocycles. The lowest BCUT2D eigenvalue weighted by molar-refractivity contribution is 0.0465. The molecule has 4 aromatic carbocycles. The Bertz CT molecular complexity index is 1130. The third kappa shape index (κ3) is 5.84. The van der Waals surface area contributed by atoms with Gasteiger partial charge in [-0.1, -0.05) is 121 Å². The Labute approximate surface area is 242 Å². The molecule has 2 saturated carbocycles. The quantitative estimate of drug-likeness (QED) is 0.270. The summed E-state index contributed by atoms with van der Waals surface area (Å²) < 4.78 is 0. The van der Waals surface area contributed by atoms with Gasteiger partial charge >= 0.3 is 0 Å². The van der Waals surface area contributed by atoms with Crippen molar-refractivity contribution in [1.82, 2.24) is 0 Å². The zero-order chi connectivity index (χ0) is 27.3. The monoisotopic (exact) mass is 556 g/mol. The molecule has 2 N–H and O–H groups in total. The van der Waals surface area contributed by atoms with Crippen molar-refractivity contribution in [3.63, 3.8) is 0 Å². The Morgan fingerprint density at radius 3 is 0.925 bits per heavy atom. The molecule has 2 aliphatic rings. The summed E-state index contributed by atoms with van der Waals surface area (Å²) in [7, 11) is -1.81. The van der Waals surface area contributed by atoms with Gasteiger partial charge in [0, 0.05) is 23.2 Å². The summed E-state index contributed by atoms with van der Waals surface area (Å²) in [6, 6.07) is 41.8. The van der Waals surface area contributed by atoms with Crippen molar-refractivity contribution in [1.29, 1.82) is 0 Å². The summed E-state index contributed by atoms with van der Waals surface area (Å²) in [6.45, 7) is 0. The normalized spacial score (nSPS) is 19.0. The molecule has 4 heteroatoms. The largest absolute Gasteiger partial charge is 0.390 e. The maximum atomic E-state index is 11.8. The molecule has 0 unspecified atom stereocenters. The second-order valence-electron chi connectivity index (χ2n) is 9.64. The molecule has 2 atom stereocenters. The minimum Gasteiger partial charge on any atom is -0.390 e. The van der Waals surface area contributed by atoms with E-state index < -0.39 is 28.1 Å². The standard InChI is InChI=1S/C36H30O2P2/c37-35(31-23-13-25-33(31)39(27-15-5-1-6-16-27)28-17-7-2-8-18-28)36(38)32-24-14-26-34(32)40(29-19-9-3-10-20-29)30-21-11-4-12-22-30/h1-26,35-38H/t35-,36+. The van der Waals surface area contributed by atoms with Crippen LogP contribution in [0.5, 0.6) is 0 Å². The average Bonchev–Trinajstić information content (AvgIpc) is 3.70. The number of aliphatic hydroxyl groups excluding tert-OH is 2. The smallest absolute Gasteiger partial charge is 0.0880 e. The van der Waals surface area contributed by atoms with Crippen LogP contribution in [0.3, 0.4) is 0 Å². The van der Waals surface area contributed by atoms with Gasteiger partial charge in [-0.3, -0.25) is 0 Å². The lowest BCUT2D eigenvalue weighted by atomic mass is 9.87. The van der Waals surface area contributed by atoms with E-state index in [-0.39, 0.29) is 0 Å².